The molecule has 1 aromatic rings. The molecule has 0 saturated carbocycles. The Morgan fingerprint density at radius 2 is 2.22 bits per heavy atom. The van der Waals surface area contributed by atoms with Crippen LogP contribution in [0.3, 0.4) is 0 Å². The molecular weight excluding hydrogens is 258 g/mol. The number of aromatic carboxylic acids is 1. The molecule has 0 spiro atoms. The Morgan fingerprint density at radius 3 is 2.72 bits per heavy atom. The summed E-state index contributed by atoms with van der Waals surface area (Å²) in [7, 11) is 1.50. The highest BCUT2D eigenvalue weighted by atomic mass is 35.5. The molecule has 0 atom stereocenters. The molecule has 18 heavy (non-hydrogen) atoms. The number of carboxylic acid groups (broad SMARTS) is 1. The minimum Gasteiger partial charge on any atom is -0.478 e. The lowest BCUT2D eigenvalue weighted by Gasteiger charge is -2.17. The molecule has 0 aliphatic carbocycles. The van der Waals surface area contributed by atoms with Crippen molar-refractivity contribution in [3.8, 4) is 0 Å². The first-order chi connectivity index (χ1) is 8.47. The van der Waals surface area contributed by atoms with Crippen molar-refractivity contribution in [1.29, 1.82) is 0 Å². The van der Waals surface area contributed by atoms with Crippen molar-refractivity contribution in [2.45, 2.75) is 0 Å². The zero-order valence-electron chi connectivity index (χ0n) is 9.72. The molecule has 1 aromatic carbocycles. The first-order valence-electron chi connectivity index (χ1n) is 5.01. The number of ether oxygens (including phenoxy) is 1. The van der Waals surface area contributed by atoms with Crippen molar-refractivity contribution < 1.29 is 19.4 Å². The van der Waals surface area contributed by atoms with Gasteiger partial charge in [-0.1, -0.05) is 24.3 Å². The highest BCUT2D eigenvalue weighted by Gasteiger charge is 2.15. The lowest BCUT2D eigenvalue weighted by molar-refractivity contribution is 0.0697. The number of amides is 1. The Morgan fingerprint density at radius 1 is 1.56 bits per heavy atom. The van der Waals surface area contributed by atoms with Crippen LogP contribution in [0.15, 0.2) is 30.9 Å². The largest absolute Gasteiger partial charge is 0.478 e. The number of hydrogen-bond donors (Lipinski definition) is 1. The lowest BCUT2D eigenvalue weighted by Crippen LogP contribution is -2.27. The standard InChI is InChI=1S/C12H12ClNO4/c1-3-6-18-12(17)14(2)8-4-5-9(11(15)16)10(13)7-8/h3-5,7H,1,6H2,2H3,(H,15,16). The van der Waals surface area contributed by atoms with Crippen molar-refractivity contribution in [3.63, 3.8) is 0 Å². The second kappa shape index (κ2) is 6.07. The quantitative estimate of drug-likeness (QED) is 0.854. The second-order valence-electron chi connectivity index (χ2n) is 3.39. The summed E-state index contributed by atoms with van der Waals surface area (Å²) in [5.41, 5.74) is 0.423. The van der Waals surface area contributed by atoms with Crippen LogP contribution in [-0.2, 0) is 4.74 Å². The van der Waals surface area contributed by atoms with Crippen LogP contribution in [0, 0.1) is 0 Å². The third kappa shape index (κ3) is 3.24. The van der Waals surface area contributed by atoms with Crippen LogP contribution < -0.4 is 4.90 Å². The summed E-state index contributed by atoms with van der Waals surface area (Å²) in [6.07, 6.45) is 0.876. The van der Waals surface area contributed by atoms with Crippen LogP contribution in [0.2, 0.25) is 5.02 Å². The molecule has 0 saturated heterocycles. The molecule has 96 valence electrons. The number of hydrogen-bond acceptors (Lipinski definition) is 3. The molecule has 0 fully saturated rings. The van der Waals surface area contributed by atoms with Gasteiger partial charge in [-0.25, -0.2) is 9.59 Å². The normalized spacial score (nSPS) is 9.67. The SMILES string of the molecule is C=CCOC(=O)N(C)c1ccc(C(=O)O)c(Cl)c1. The van der Waals surface area contributed by atoms with Crippen LogP contribution in [0.25, 0.3) is 0 Å². The van der Waals surface area contributed by atoms with E-state index in [4.69, 9.17) is 21.4 Å². The lowest BCUT2D eigenvalue weighted by atomic mass is 10.2. The maximum atomic E-state index is 11.5. The molecule has 0 heterocycles. The molecule has 0 bridgehead atoms. The van der Waals surface area contributed by atoms with Crippen molar-refractivity contribution in [2.24, 2.45) is 0 Å². The van der Waals surface area contributed by atoms with Crippen LogP contribution in [0.1, 0.15) is 10.4 Å². The first kappa shape index (κ1) is 14.1. The molecular formula is C12H12ClNO4. The Hall–Kier alpha value is -2.01. The predicted molar refractivity (Wildman–Crippen MR) is 68.4 cm³/mol. The molecule has 5 nitrogen and oxygen atoms in total. The third-order valence-electron chi connectivity index (χ3n) is 2.17. The van der Waals surface area contributed by atoms with Crippen molar-refractivity contribution >= 4 is 29.4 Å². The molecule has 1 rings (SSSR count). The van der Waals surface area contributed by atoms with Gasteiger partial charge < -0.3 is 9.84 Å². The van der Waals surface area contributed by atoms with Crippen LogP contribution >= 0.6 is 11.6 Å². The number of anilines is 1. The van der Waals surface area contributed by atoms with Gasteiger partial charge in [-0.3, -0.25) is 4.90 Å². The predicted octanol–water partition coefficient (Wildman–Crippen LogP) is 2.80. The fourth-order valence-electron chi connectivity index (χ4n) is 1.22. The number of rotatable bonds is 4. The van der Waals surface area contributed by atoms with E-state index in [-0.39, 0.29) is 17.2 Å². The Bertz CT molecular complexity index is 487. The van der Waals surface area contributed by atoms with Gasteiger partial charge in [-0.05, 0) is 18.2 Å². The van der Waals surface area contributed by atoms with E-state index >= 15 is 0 Å². The summed E-state index contributed by atoms with van der Waals surface area (Å²) in [4.78, 5) is 23.5. The highest BCUT2D eigenvalue weighted by Crippen LogP contribution is 2.23. The average molecular weight is 270 g/mol. The van der Waals surface area contributed by atoms with Crippen LogP contribution in [0.4, 0.5) is 10.5 Å². The second-order valence-corrected chi connectivity index (χ2v) is 3.80. The summed E-state index contributed by atoms with van der Waals surface area (Å²) in [6, 6.07) is 4.20. The van der Waals surface area contributed by atoms with Crippen molar-refractivity contribution in [1.82, 2.24) is 0 Å². The third-order valence-corrected chi connectivity index (χ3v) is 2.48. The molecule has 1 N–H and O–H groups in total. The number of carboxylic acids is 1. The summed E-state index contributed by atoms with van der Waals surface area (Å²) < 4.78 is 4.83. The van der Waals surface area contributed by atoms with Gasteiger partial charge in [0.25, 0.3) is 0 Å². The molecule has 0 aromatic heterocycles. The average Bonchev–Trinajstić information content (AvgIpc) is 2.34. The number of carbonyl (C=O) groups is 2. The minimum atomic E-state index is -1.12. The van der Waals surface area contributed by atoms with Gasteiger partial charge in [0.1, 0.15) is 6.61 Å². The molecule has 1 amide bonds. The molecule has 0 unspecified atom stereocenters. The van der Waals surface area contributed by atoms with Gasteiger partial charge >= 0.3 is 12.1 Å². The number of carbonyl (C=O) groups excluding carboxylic acids is 1. The zero-order valence-corrected chi connectivity index (χ0v) is 10.5. The summed E-state index contributed by atoms with van der Waals surface area (Å²) in [5, 5.41) is 8.88. The fraction of sp³-hybridized carbons (Fsp3) is 0.167. The zero-order chi connectivity index (χ0) is 13.7. The summed E-state index contributed by atoms with van der Waals surface area (Å²) in [5.74, 6) is -1.12. The number of benzene rings is 1. The Labute approximate surface area is 109 Å². The van der Waals surface area contributed by atoms with Crippen molar-refractivity contribution in [2.75, 3.05) is 18.6 Å². The van der Waals surface area contributed by atoms with Crippen molar-refractivity contribution in [3.05, 3.63) is 41.4 Å². The maximum Gasteiger partial charge on any atom is 0.414 e. The Balaban J connectivity index is 2.90. The Kier molecular flexibility index (Phi) is 4.74. The van der Waals surface area contributed by atoms with E-state index in [1.54, 1.807) is 0 Å². The summed E-state index contributed by atoms with van der Waals surface area (Å²) >= 11 is 5.80. The number of nitrogens with zero attached hydrogens (tertiary/aromatic N) is 1. The van der Waals surface area contributed by atoms with E-state index in [1.165, 1.54) is 36.2 Å². The number of halogens is 1. The highest BCUT2D eigenvalue weighted by molar-refractivity contribution is 6.33. The maximum absolute atomic E-state index is 11.5. The van der Waals surface area contributed by atoms with Crippen LogP contribution in [-0.4, -0.2) is 30.8 Å². The fourth-order valence-corrected chi connectivity index (χ4v) is 1.47. The topological polar surface area (TPSA) is 66.8 Å². The van der Waals surface area contributed by atoms with E-state index in [0.29, 0.717) is 5.69 Å². The van der Waals surface area contributed by atoms with Crippen LogP contribution in [0.5, 0.6) is 0 Å². The van der Waals surface area contributed by atoms with Gasteiger partial charge in [0, 0.05) is 12.7 Å². The van der Waals surface area contributed by atoms with Gasteiger partial charge in [0.15, 0.2) is 0 Å². The summed E-state index contributed by atoms with van der Waals surface area (Å²) in [6.45, 7) is 3.53. The van der Waals surface area contributed by atoms with E-state index in [9.17, 15) is 9.59 Å². The smallest absolute Gasteiger partial charge is 0.414 e. The van der Waals surface area contributed by atoms with E-state index < -0.39 is 12.1 Å². The minimum absolute atomic E-state index is 0.0201. The molecule has 6 heteroatoms. The van der Waals surface area contributed by atoms with Gasteiger partial charge in [-0.15, -0.1) is 0 Å². The van der Waals surface area contributed by atoms with E-state index in [1.807, 2.05) is 0 Å². The molecule has 0 aliphatic heterocycles. The van der Waals surface area contributed by atoms with E-state index in [2.05, 4.69) is 6.58 Å². The first-order valence-corrected chi connectivity index (χ1v) is 5.39. The monoisotopic (exact) mass is 269 g/mol. The molecule has 0 radical (unpaired) electrons. The van der Waals surface area contributed by atoms with Gasteiger partial charge in [0.2, 0.25) is 0 Å². The van der Waals surface area contributed by atoms with Gasteiger partial charge in [-0.2, -0.15) is 0 Å². The van der Waals surface area contributed by atoms with Gasteiger partial charge in [0.05, 0.1) is 10.6 Å². The van der Waals surface area contributed by atoms with E-state index in [0.717, 1.165) is 0 Å². The molecule has 0 aliphatic rings.